The number of hydrogen-bond donors (Lipinski definition) is 0. The van der Waals surface area contributed by atoms with Gasteiger partial charge in [-0.05, 0) is 42.0 Å². The highest BCUT2D eigenvalue weighted by molar-refractivity contribution is 5.94. The van der Waals surface area contributed by atoms with Crippen molar-refractivity contribution < 1.29 is 9.18 Å². The van der Waals surface area contributed by atoms with E-state index < -0.39 is 6.04 Å². The lowest BCUT2D eigenvalue weighted by molar-refractivity contribution is 0.0752. The third kappa shape index (κ3) is 3.30. The topological polar surface area (TPSA) is 46.1 Å². The molecule has 1 atom stereocenters. The number of aromatic nitrogens is 2. The van der Waals surface area contributed by atoms with E-state index >= 15 is 0 Å². The molecule has 5 heteroatoms. The Morgan fingerprint density at radius 3 is 2.62 bits per heavy atom. The Balaban J connectivity index is 2.03. The minimum absolute atomic E-state index is 0.206. The largest absolute Gasteiger partial charge is 0.329 e. The van der Waals surface area contributed by atoms with Crippen molar-refractivity contribution >= 4 is 5.91 Å². The van der Waals surface area contributed by atoms with Gasteiger partial charge in [0.2, 0.25) is 0 Å². The molecule has 0 aliphatic rings. The zero-order valence-electron chi connectivity index (χ0n) is 13.1. The van der Waals surface area contributed by atoms with Gasteiger partial charge in [-0.2, -0.15) is 0 Å². The monoisotopic (exact) mass is 321 g/mol. The Bertz CT molecular complexity index is 824. The molecule has 3 rings (SSSR count). The number of nitrogens with zero attached hydrogens (tertiary/aromatic N) is 3. The first-order chi connectivity index (χ1) is 11.7. The molecule has 2 heterocycles. The molecule has 0 aliphatic heterocycles. The van der Waals surface area contributed by atoms with Gasteiger partial charge < -0.3 is 4.90 Å². The molecule has 4 nitrogen and oxygen atoms in total. The first-order valence-corrected chi connectivity index (χ1v) is 7.50. The van der Waals surface area contributed by atoms with Crippen LogP contribution in [0.4, 0.5) is 4.39 Å². The van der Waals surface area contributed by atoms with Crippen LogP contribution in [0.3, 0.4) is 0 Å². The standard InChI is InChI=1S/C19H16FN3O/c1-23(19(24)15-7-5-10-21-13-15)18(17-9-2-3-11-22-17)14-6-4-8-16(20)12-14/h2-13,18H,1H3. The maximum atomic E-state index is 13.7. The number of hydrogen-bond acceptors (Lipinski definition) is 3. The van der Waals surface area contributed by atoms with Crippen LogP contribution in [0, 0.1) is 5.82 Å². The van der Waals surface area contributed by atoms with E-state index in [1.54, 1.807) is 54.7 Å². The van der Waals surface area contributed by atoms with Gasteiger partial charge in [-0.1, -0.05) is 18.2 Å². The second-order valence-corrected chi connectivity index (χ2v) is 5.37. The average Bonchev–Trinajstić information content (AvgIpc) is 2.63. The van der Waals surface area contributed by atoms with Crippen LogP contribution in [-0.4, -0.2) is 27.8 Å². The van der Waals surface area contributed by atoms with Crippen molar-refractivity contribution in [3.8, 4) is 0 Å². The van der Waals surface area contributed by atoms with Crippen LogP contribution < -0.4 is 0 Å². The lowest BCUT2D eigenvalue weighted by Crippen LogP contribution is -2.32. The average molecular weight is 321 g/mol. The molecule has 3 aromatic rings. The van der Waals surface area contributed by atoms with Crippen molar-refractivity contribution in [3.05, 3.63) is 95.8 Å². The summed E-state index contributed by atoms with van der Waals surface area (Å²) in [5.41, 5.74) is 1.80. The molecule has 0 N–H and O–H groups in total. The fourth-order valence-electron chi connectivity index (χ4n) is 2.62. The van der Waals surface area contributed by atoms with Crippen LogP contribution in [0.5, 0.6) is 0 Å². The normalized spacial score (nSPS) is 11.8. The molecule has 1 aromatic carbocycles. The summed E-state index contributed by atoms with van der Waals surface area (Å²) in [7, 11) is 1.68. The fourth-order valence-corrected chi connectivity index (χ4v) is 2.62. The maximum Gasteiger partial charge on any atom is 0.255 e. The second-order valence-electron chi connectivity index (χ2n) is 5.37. The lowest BCUT2D eigenvalue weighted by atomic mass is 10.0. The van der Waals surface area contributed by atoms with Gasteiger partial charge in [-0.3, -0.25) is 14.8 Å². The van der Waals surface area contributed by atoms with E-state index in [-0.39, 0.29) is 11.7 Å². The maximum absolute atomic E-state index is 13.7. The number of benzene rings is 1. The highest BCUT2D eigenvalue weighted by atomic mass is 19.1. The van der Waals surface area contributed by atoms with Gasteiger partial charge in [0, 0.05) is 25.6 Å². The molecule has 0 saturated heterocycles. The molecule has 0 bridgehead atoms. The van der Waals surface area contributed by atoms with E-state index in [1.165, 1.54) is 18.3 Å². The minimum atomic E-state index is -0.491. The quantitative estimate of drug-likeness (QED) is 0.739. The van der Waals surface area contributed by atoms with E-state index in [4.69, 9.17) is 0 Å². The molecule has 120 valence electrons. The van der Waals surface area contributed by atoms with Crippen molar-refractivity contribution in [2.45, 2.75) is 6.04 Å². The van der Waals surface area contributed by atoms with Crippen LogP contribution in [0.1, 0.15) is 27.7 Å². The Labute approximate surface area is 139 Å². The van der Waals surface area contributed by atoms with E-state index in [0.717, 1.165) is 0 Å². The van der Waals surface area contributed by atoms with Crippen molar-refractivity contribution in [1.82, 2.24) is 14.9 Å². The summed E-state index contributed by atoms with van der Waals surface area (Å²) in [5, 5.41) is 0. The second kappa shape index (κ2) is 7.00. The summed E-state index contributed by atoms with van der Waals surface area (Å²) in [6, 6.07) is 14.6. The van der Waals surface area contributed by atoms with Crippen LogP contribution >= 0.6 is 0 Å². The predicted octanol–water partition coefficient (Wildman–Crippen LogP) is 3.48. The molecule has 0 saturated carbocycles. The molecule has 24 heavy (non-hydrogen) atoms. The summed E-state index contributed by atoms with van der Waals surface area (Å²) in [5.74, 6) is -0.557. The zero-order valence-corrected chi connectivity index (χ0v) is 13.1. The summed E-state index contributed by atoms with van der Waals surface area (Å²) in [6.45, 7) is 0. The Morgan fingerprint density at radius 2 is 1.96 bits per heavy atom. The molecule has 2 aromatic heterocycles. The highest BCUT2D eigenvalue weighted by Crippen LogP contribution is 2.27. The van der Waals surface area contributed by atoms with Crippen molar-refractivity contribution in [2.75, 3.05) is 7.05 Å². The summed E-state index contributed by atoms with van der Waals surface area (Å²) < 4.78 is 13.7. The zero-order chi connectivity index (χ0) is 16.9. The smallest absolute Gasteiger partial charge is 0.255 e. The third-order valence-electron chi connectivity index (χ3n) is 3.75. The third-order valence-corrected chi connectivity index (χ3v) is 3.75. The van der Waals surface area contributed by atoms with E-state index in [1.807, 2.05) is 12.1 Å². The molecule has 1 unspecified atom stereocenters. The van der Waals surface area contributed by atoms with Crippen LogP contribution in [0.25, 0.3) is 0 Å². The molecule has 1 amide bonds. The molecular weight excluding hydrogens is 305 g/mol. The van der Waals surface area contributed by atoms with Gasteiger partial charge in [-0.25, -0.2) is 4.39 Å². The number of carbonyl (C=O) groups excluding carboxylic acids is 1. The van der Waals surface area contributed by atoms with Crippen molar-refractivity contribution in [2.24, 2.45) is 0 Å². The van der Waals surface area contributed by atoms with Crippen LogP contribution in [0.15, 0.2) is 73.2 Å². The van der Waals surface area contributed by atoms with Gasteiger partial charge >= 0.3 is 0 Å². The van der Waals surface area contributed by atoms with Gasteiger partial charge in [0.05, 0.1) is 17.3 Å². The molecular formula is C19H16FN3O. The van der Waals surface area contributed by atoms with Crippen LogP contribution in [-0.2, 0) is 0 Å². The SMILES string of the molecule is CN(C(=O)c1cccnc1)C(c1cccc(F)c1)c1ccccn1. The van der Waals surface area contributed by atoms with E-state index in [2.05, 4.69) is 9.97 Å². The van der Waals surface area contributed by atoms with Crippen molar-refractivity contribution in [1.29, 1.82) is 0 Å². The van der Waals surface area contributed by atoms with E-state index in [0.29, 0.717) is 16.8 Å². The summed E-state index contributed by atoms with van der Waals surface area (Å²) in [4.78, 5) is 22.7. The number of amides is 1. The number of pyridine rings is 2. The Kier molecular flexibility index (Phi) is 4.61. The number of carbonyl (C=O) groups is 1. The molecule has 0 aliphatic carbocycles. The minimum Gasteiger partial charge on any atom is -0.329 e. The van der Waals surface area contributed by atoms with Gasteiger partial charge in [-0.15, -0.1) is 0 Å². The van der Waals surface area contributed by atoms with Gasteiger partial charge in [0.25, 0.3) is 5.91 Å². The first kappa shape index (κ1) is 15.8. The first-order valence-electron chi connectivity index (χ1n) is 7.50. The summed E-state index contributed by atoms with van der Waals surface area (Å²) >= 11 is 0. The number of halogens is 1. The highest BCUT2D eigenvalue weighted by Gasteiger charge is 2.25. The van der Waals surface area contributed by atoms with Gasteiger partial charge in [0.1, 0.15) is 5.82 Å². The fraction of sp³-hybridized carbons (Fsp3) is 0.105. The number of rotatable bonds is 4. The van der Waals surface area contributed by atoms with Crippen LogP contribution in [0.2, 0.25) is 0 Å². The Hall–Kier alpha value is -3.08. The Morgan fingerprint density at radius 1 is 1.08 bits per heavy atom. The molecule has 0 spiro atoms. The lowest BCUT2D eigenvalue weighted by Gasteiger charge is -2.28. The molecule has 0 radical (unpaired) electrons. The van der Waals surface area contributed by atoms with Crippen molar-refractivity contribution in [3.63, 3.8) is 0 Å². The van der Waals surface area contributed by atoms with Gasteiger partial charge in [0.15, 0.2) is 0 Å². The summed E-state index contributed by atoms with van der Waals surface area (Å²) in [6.07, 6.45) is 4.78. The van der Waals surface area contributed by atoms with E-state index in [9.17, 15) is 9.18 Å². The predicted molar refractivity (Wildman–Crippen MR) is 88.8 cm³/mol. The molecule has 0 fully saturated rings.